The summed E-state index contributed by atoms with van der Waals surface area (Å²) in [6, 6.07) is 0.733. The highest BCUT2D eigenvalue weighted by atomic mass is 19.3. The van der Waals surface area contributed by atoms with Gasteiger partial charge in [0.15, 0.2) is 5.43 Å². The lowest BCUT2D eigenvalue weighted by Gasteiger charge is -2.07. The summed E-state index contributed by atoms with van der Waals surface area (Å²) >= 11 is 0. The number of rotatable bonds is 3. The smallest absolute Gasteiger partial charge is 0.352 e. The van der Waals surface area contributed by atoms with Gasteiger partial charge in [0.2, 0.25) is 0 Å². The number of aromatic carboxylic acids is 1. The van der Waals surface area contributed by atoms with Gasteiger partial charge < -0.3 is 15.8 Å². The summed E-state index contributed by atoms with van der Waals surface area (Å²) in [5.41, 5.74) is 2.71. The number of carbonyl (C=O) groups is 1. The first-order valence-electron chi connectivity index (χ1n) is 3.95. The van der Waals surface area contributed by atoms with Gasteiger partial charge in [-0.3, -0.25) is 4.79 Å². The first kappa shape index (κ1) is 11.3. The van der Waals surface area contributed by atoms with Crippen molar-refractivity contribution < 1.29 is 18.7 Å². The SMILES string of the molecule is NCc1c(C(F)F)[nH]c(C(=O)O)cc1=O. The van der Waals surface area contributed by atoms with E-state index in [9.17, 15) is 18.4 Å². The minimum atomic E-state index is -2.96. The van der Waals surface area contributed by atoms with E-state index in [-0.39, 0.29) is 12.1 Å². The molecular formula is C8H8F2N2O3. The van der Waals surface area contributed by atoms with Crippen LogP contribution in [0.1, 0.15) is 28.2 Å². The van der Waals surface area contributed by atoms with E-state index in [0.29, 0.717) is 0 Å². The van der Waals surface area contributed by atoms with Gasteiger partial charge in [-0.25, -0.2) is 13.6 Å². The summed E-state index contributed by atoms with van der Waals surface area (Å²) in [6.45, 7) is -0.366. The van der Waals surface area contributed by atoms with E-state index in [1.54, 1.807) is 0 Å². The molecule has 0 radical (unpaired) electrons. The van der Waals surface area contributed by atoms with Crippen molar-refractivity contribution in [1.82, 2.24) is 4.98 Å². The summed E-state index contributed by atoms with van der Waals surface area (Å²) in [4.78, 5) is 23.7. The van der Waals surface area contributed by atoms with Crippen LogP contribution in [-0.2, 0) is 6.54 Å². The predicted molar refractivity (Wildman–Crippen MR) is 46.9 cm³/mol. The van der Waals surface area contributed by atoms with Gasteiger partial charge >= 0.3 is 5.97 Å². The molecule has 0 atom stereocenters. The van der Waals surface area contributed by atoms with E-state index < -0.39 is 29.2 Å². The Labute approximate surface area is 82.5 Å². The molecule has 1 heterocycles. The highest BCUT2D eigenvalue weighted by molar-refractivity contribution is 5.85. The molecule has 0 fully saturated rings. The maximum Gasteiger partial charge on any atom is 0.352 e. The molecule has 0 aliphatic rings. The summed E-state index contributed by atoms with van der Waals surface area (Å²) in [6.07, 6.45) is -2.96. The molecule has 1 aromatic heterocycles. The van der Waals surface area contributed by atoms with Crippen LogP contribution in [-0.4, -0.2) is 16.1 Å². The monoisotopic (exact) mass is 218 g/mol. The van der Waals surface area contributed by atoms with Crippen molar-refractivity contribution >= 4 is 5.97 Å². The van der Waals surface area contributed by atoms with Crippen LogP contribution in [0.4, 0.5) is 8.78 Å². The van der Waals surface area contributed by atoms with Gasteiger partial charge in [0, 0.05) is 18.2 Å². The van der Waals surface area contributed by atoms with Gasteiger partial charge in [-0.05, 0) is 0 Å². The number of carboxylic acids is 1. The molecule has 0 aromatic carbocycles. The number of aromatic amines is 1. The highest BCUT2D eigenvalue weighted by Crippen LogP contribution is 2.18. The minimum absolute atomic E-state index is 0.296. The zero-order chi connectivity index (χ0) is 11.6. The molecule has 0 saturated heterocycles. The van der Waals surface area contributed by atoms with Crippen LogP contribution in [0.3, 0.4) is 0 Å². The quantitative estimate of drug-likeness (QED) is 0.687. The van der Waals surface area contributed by atoms with E-state index in [0.717, 1.165) is 6.07 Å². The molecule has 1 aromatic rings. The zero-order valence-electron chi connectivity index (χ0n) is 7.46. The topological polar surface area (TPSA) is 96.2 Å². The molecule has 15 heavy (non-hydrogen) atoms. The van der Waals surface area contributed by atoms with Crippen LogP contribution in [0.15, 0.2) is 10.9 Å². The van der Waals surface area contributed by atoms with Gasteiger partial charge in [-0.1, -0.05) is 0 Å². The standard InChI is InChI=1S/C8H8F2N2O3/c9-7(10)6-3(2-11)5(13)1-4(12-6)8(14)15/h1,7H,2,11H2,(H,12,13)(H,14,15). The fraction of sp³-hybridized carbons (Fsp3) is 0.250. The van der Waals surface area contributed by atoms with E-state index in [1.807, 2.05) is 4.98 Å². The van der Waals surface area contributed by atoms with Gasteiger partial charge in [-0.2, -0.15) is 0 Å². The van der Waals surface area contributed by atoms with E-state index in [4.69, 9.17) is 10.8 Å². The number of nitrogens with one attached hydrogen (secondary N) is 1. The van der Waals surface area contributed by atoms with Gasteiger partial charge in [0.1, 0.15) is 5.69 Å². The Morgan fingerprint density at radius 2 is 2.20 bits per heavy atom. The Bertz CT molecular complexity index is 442. The summed E-state index contributed by atoms with van der Waals surface area (Å²) in [5.74, 6) is -1.47. The van der Waals surface area contributed by atoms with Crippen LogP contribution in [0.2, 0.25) is 0 Å². The highest BCUT2D eigenvalue weighted by Gasteiger charge is 2.18. The van der Waals surface area contributed by atoms with Gasteiger partial charge in [-0.15, -0.1) is 0 Å². The number of hydrogen-bond acceptors (Lipinski definition) is 3. The predicted octanol–water partition coefficient (Wildman–Crippen LogP) is 0.469. The molecule has 7 heteroatoms. The zero-order valence-corrected chi connectivity index (χ0v) is 7.46. The fourth-order valence-electron chi connectivity index (χ4n) is 1.12. The molecule has 1 rings (SSSR count). The molecule has 0 spiro atoms. The molecule has 0 aliphatic heterocycles. The summed E-state index contributed by atoms with van der Waals surface area (Å²) in [5, 5.41) is 8.53. The number of nitrogens with two attached hydrogens (primary N) is 1. The Kier molecular flexibility index (Phi) is 3.15. The third-order valence-corrected chi connectivity index (χ3v) is 1.82. The molecule has 5 nitrogen and oxygen atoms in total. The average molecular weight is 218 g/mol. The van der Waals surface area contributed by atoms with Crippen molar-refractivity contribution in [3.8, 4) is 0 Å². The number of alkyl halides is 2. The third-order valence-electron chi connectivity index (χ3n) is 1.82. The average Bonchev–Trinajstić information content (AvgIpc) is 2.16. The largest absolute Gasteiger partial charge is 0.477 e. The van der Waals surface area contributed by atoms with Crippen LogP contribution < -0.4 is 11.2 Å². The van der Waals surface area contributed by atoms with Gasteiger partial charge in [0.05, 0.1) is 5.69 Å². The van der Waals surface area contributed by atoms with Crippen molar-refractivity contribution in [2.45, 2.75) is 13.0 Å². The second-order valence-electron chi connectivity index (χ2n) is 2.75. The van der Waals surface area contributed by atoms with E-state index >= 15 is 0 Å². The lowest BCUT2D eigenvalue weighted by Crippen LogP contribution is -2.20. The Hall–Kier alpha value is -1.76. The van der Waals surface area contributed by atoms with Crippen LogP contribution in [0.25, 0.3) is 0 Å². The van der Waals surface area contributed by atoms with Crippen molar-refractivity contribution in [3.05, 3.63) is 33.2 Å². The van der Waals surface area contributed by atoms with E-state index in [2.05, 4.69) is 0 Å². The number of halogens is 2. The molecular weight excluding hydrogens is 210 g/mol. The number of aromatic nitrogens is 1. The Balaban J connectivity index is 3.46. The lowest BCUT2D eigenvalue weighted by atomic mass is 10.1. The molecule has 82 valence electrons. The molecule has 4 N–H and O–H groups in total. The van der Waals surface area contributed by atoms with Crippen LogP contribution in [0.5, 0.6) is 0 Å². The normalized spacial score (nSPS) is 10.7. The number of pyridine rings is 1. The first-order valence-corrected chi connectivity index (χ1v) is 3.95. The van der Waals surface area contributed by atoms with Crippen molar-refractivity contribution in [2.24, 2.45) is 5.73 Å². The van der Waals surface area contributed by atoms with Crippen molar-refractivity contribution in [2.75, 3.05) is 0 Å². The molecule has 0 aliphatic carbocycles. The second kappa shape index (κ2) is 4.18. The maximum absolute atomic E-state index is 12.4. The van der Waals surface area contributed by atoms with Gasteiger partial charge in [0.25, 0.3) is 6.43 Å². The second-order valence-corrected chi connectivity index (χ2v) is 2.75. The minimum Gasteiger partial charge on any atom is -0.477 e. The lowest BCUT2D eigenvalue weighted by molar-refractivity contribution is 0.0688. The van der Waals surface area contributed by atoms with Crippen LogP contribution in [0, 0.1) is 0 Å². The van der Waals surface area contributed by atoms with Crippen LogP contribution >= 0.6 is 0 Å². The third kappa shape index (κ3) is 2.18. The maximum atomic E-state index is 12.4. The molecule has 0 saturated carbocycles. The number of carboxylic acid groups (broad SMARTS) is 1. The molecule has 0 unspecified atom stereocenters. The van der Waals surface area contributed by atoms with E-state index in [1.165, 1.54) is 0 Å². The number of hydrogen-bond donors (Lipinski definition) is 3. The molecule has 0 bridgehead atoms. The summed E-state index contributed by atoms with van der Waals surface area (Å²) in [7, 11) is 0. The fourth-order valence-corrected chi connectivity index (χ4v) is 1.12. The van der Waals surface area contributed by atoms with Crippen molar-refractivity contribution in [3.63, 3.8) is 0 Å². The van der Waals surface area contributed by atoms with Crippen molar-refractivity contribution in [1.29, 1.82) is 0 Å². The number of H-pyrrole nitrogens is 1. The Morgan fingerprint density at radius 3 is 2.60 bits per heavy atom. The first-order chi connectivity index (χ1) is 6.97. The summed E-state index contributed by atoms with van der Waals surface area (Å²) < 4.78 is 24.8. The Morgan fingerprint density at radius 1 is 1.60 bits per heavy atom. The molecule has 0 amide bonds.